The molecule has 8 unspecified atom stereocenters. The number of aliphatic hydroxyl groups excluding tert-OH is 2. The minimum Gasteiger partial charge on any atom is -0.388 e. The van der Waals surface area contributed by atoms with E-state index in [-0.39, 0.29) is 25.4 Å². The van der Waals surface area contributed by atoms with Gasteiger partial charge in [-0.05, 0) is 50.7 Å². The third-order valence-corrected chi connectivity index (χ3v) is 9.35. The largest absolute Gasteiger partial charge is 0.388 e. The molecule has 0 aromatic carbocycles. The molecule has 0 radical (unpaired) electrons. The molecule has 33 heavy (non-hydrogen) atoms. The number of nitrogens with zero attached hydrogens (tertiary/aromatic N) is 1. The average Bonchev–Trinajstić information content (AvgIpc) is 3.31. The van der Waals surface area contributed by atoms with Gasteiger partial charge in [0, 0.05) is 18.2 Å². The van der Waals surface area contributed by atoms with E-state index in [4.69, 9.17) is 21.5 Å². The Bertz CT molecular complexity index is 858. The lowest BCUT2D eigenvalue weighted by atomic mass is 9.93. The van der Waals surface area contributed by atoms with Gasteiger partial charge in [0.2, 0.25) is 0 Å². The van der Waals surface area contributed by atoms with Gasteiger partial charge in [0.25, 0.3) is 0 Å². The van der Waals surface area contributed by atoms with Crippen molar-refractivity contribution in [3.8, 4) is 0 Å². The average molecular weight is 506 g/mol. The fourth-order valence-corrected chi connectivity index (χ4v) is 6.53. The highest BCUT2D eigenvalue weighted by molar-refractivity contribution is 7.80. The summed E-state index contributed by atoms with van der Waals surface area (Å²) < 4.78 is 24.8. The minimum atomic E-state index is -4.43. The van der Waals surface area contributed by atoms with E-state index in [1.807, 2.05) is 13.0 Å². The van der Waals surface area contributed by atoms with Crippen LogP contribution in [-0.4, -0.2) is 71.9 Å². The quantitative estimate of drug-likeness (QED) is 0.190. The summed E-state index contributed by atoms with van der Waals surface area (Å²) >= 11 is 5.41. The van der Waals surface area contributed by atoms with Gasteiger partial charge in [0.05, 0.1) is 11.7 Å². The highest BCUT2D eigenvalue weighted by Gasteiger charge is 2.52. The summed E-state index contributed by atoms with van der Waals surface area (Å²) in [4.78, 5) is 12.2. The third-order valence-electron chi connectivity index (χ3n) is 6.74. The number of hydrogen-bond acceptors (Lipinski definition) is 8. The molecule has 3 aliphatic rings. The number of nitrogens with one attached hydrogen (secondary N) is 2. The van der Waals surface area contributed by atoms with E-state index in [0.29, 0.717) is 18.0 Å². The maximum absolute atomic E-state index is 13.1. The molecule has 0 aromatic rings. The molecule has 0 amide bonds. The molecule has 0 saturated carbocycles. The van der Waals surface area contributed by atoms with E-state index >= 15 is 0 Å². The van der Waals surface area contributed by atoms with Crippen molar-refractivity contribution >= 4 is 24.9 Å². The Morgan fingerprint density at radius 1 is 1.27 bits per heavy atom. The Morgan fingerprint density at radius 3 is 2.58 bits per heavy atom. The van der Waals surface area contributed by atoms with Gasteiger partial charge in [0.15, 0.2) is 16.7 Å². The van der Waals surface area contributed by atoms with Crippen molar-refractivity contribution in [1.29, 1.82) is 0 Å². The predicted octanol–water partition coefficient (Wildman–Crippen LogP) is 1.61. The summed E-state index contributed by atoms with van der Waals surface area (Å²) in [6.45, 7) is 6.88. The van der Waals surface area contributed by atoms with E-state index in [1.54, 1.807) is 38.1 Å². The predicted molar refractivity (Wildman–Crippen MR) is 127 cm³/mol. The first-order valence-electron chi connectivity index (χ1n) is 11.4. The van der Waals surface area contributed by atoms with Crippen LogP contribution in [-0.2, 0) is 13.8 Å². The maximum atomic E-state index is 13.1. The fourth-order valence-electron chi connectivity index (χ4n) is 4.38. The lowest BCUT2D eigenvalue weighted by molar-refractivity contribution is -0.0748. The maximum Gasteiger partial charge on any atom is 0.359 e. The van der Waals surface area contributed by atoms with Gasteiger partial charge in [-0.15, -0.1) is 0 Å². The Labute approximate surface area is 200 Å². The molecule has 0 spiro atoms. The number of fused-ring (bicyclic) bond motifs is 1. The standard InChI is InChI=1S/C21H36N3O7PS/c1-5-9-21(27,7-3)32(28,29)31-20(4,6-2)11-14-15(25)16(26)18(30-14)24-12-13-8-10-22-17(13)23-19(24)33/h8,10,12,14-18,22,25-27H,5-7,9,11H2,1-4H3,(H,23,33)(H,28,29). The number of rotatable bonds is 10. The van der Waals surface area contributed by atoms with Crippen molar-refractivity contribution < 1.29 is 34.0 Å². The van der Waals surface area contributed by atoms with Crippen LogP contribution < -0.4 is 10.6 Å². The number of hydrogen-bond donors (Lipinski definition) is 6. The first-order valence-corrected chi connectivity index (χ1v) is 13.4. The molecule has 1 saturated heterocycles. The first-order chi connectivity index (χ1) is 15.4. The second-order valence-electron chi connectivity index (χ2n) is 9.17. The molecule has 3 heterocycles. The Kier molecular flexibility index (Phi) is 7.98. The van der Waals surface area contributed by atoms with Crippen LogP contribution in [0.5, 0.6) is 0 Å². The molecular weight excluding hydrogens is 469 g/mol. The van der Waals surface area contributed by atoms with Crippen LogP contribution in [0.4, 0.5) is 0 Å². The van der Waals surface area contributed by atoms with E-state index in [2.05, 4.69) is 10.6 Å². The van der Waals surface area contributed by atoms with E-state index in [9.17, 15) is 24.8 Å². The highest BCUT2D eigenvalue weighted by atomic mass is 32.1. The van der Waals surface area contributed by atoms with Crippen LogP contribution in [0, 0.1) is 0 Å². The normalized spacial score (nSPS) is 34.5. The fraction of sp³-hybridized carbons (Fsp3) is 0.762. The van der Waals surface area contributed by atoms with Crippen LogP contribution in [0.1, 0.15) is 59.8 Å². The van der Waals surface area contributed by atoms with Gasteiger partial charge in [-0.25, -0.2) is 0 Å². The monoisotopic (exact) mass is 505 g/mol. The highest BCUT2D eigenvalue weighted by Crippen LogP contribution is 2.61. The summed E-state index contributed by atoms with van der Waals surface area (Å²) in [6.07, 6.45) is 1.96. The molecule has 0 aliphatic carbocycles. The molecule has 0 bridgehead atoms. The van der Waals surface area contributed by atoms with Crippen molar-refractivity contribution in [2.45, 2.75) is 101 Å². The van der Waals surface area contributed by atoms with Gasteiger partial charge in [0.1, 0.15) is 18.4 Å². The van der Waals surface area contributed by atoms with Gasteiger partial charge in [-0.2, -0.15) is 0 Å². The zero-order chi connectivity index (χ0) is 24.6. The summed E-state index contributed by atoms with van der Waals surface area (Å²) in [7, 11) is -4.43. The first kappa shape index (κ1) is 26.6. The molecule has 6 N–H and O–H groups in total. The summed E-state index contributed by atoms with van der Waals surface area (Å²) in [5.74, 6) is 0. The van der Waals surface area contributed by atoms with Crippen LogP contribution in [0.15, 0.2) is 24.0 Å². The van der Waals surface area contributed by atoms with Crippen LogP contribution >= 0.6 is 19.8 Å². The Balaban J connectivity index is 1.76. The van der Waals surface area contributed by atoms with Gasteiger partial charge in [-0.1, -0.05) is 27.2 Å². The number of aliphatic hydroxyl groups is 3. The van der Waals surface area contributed by atoms with Crippen LogP contribution in [0.25, 0.3) is 0 Å². The topological polar surface area (TPSA) is 144 Å². The Morgan fingerprint density at radius 2 is 1.97 bits per heavy atom. The van der Waals surface area contributed by atoms with E-state index in [0.717, 1.165) is 5.57 Å². The summed E-state index contributed by atoms with van der Waals surface area (Å²) in [6, 6.07) is 0. The SMILES string of the molecule is CCCC(O)(CC)P(=O)(O)OC(C)(CC)CC1OC(N2C=C3C=CNC3NC2=S)C(O)C1O. The molecule has 1 fully saturated rings. The zero-order valence-electron chi connectivity index (χ0n) is 19.5. The smallest absolute Gasteiger partial charge is 0.359 e. The number of ether oxygens (including phenoxy) is 1. The van der Waals surface area contributed by atoms with E-state index in [1.165, 1.54) is 0 Å². The van der Waals surface area contributed by atoms with Crippen LogP contribution in [0.3, 0.4) is 0 Å². The lowest BCUT2D eigenvalue weighted by Crippen LogP contribution is -2.56. The van der Waals surface area contributed by atoms with Crippen molar-refractivity contribution in [3.63, 3.8) is 0 Å². The molecule has 3 aliphatic heterocycles. The molecule has 3 rings (SSSR count). The Hall–Kier alpha value is -1.04. The van der Waals surface area contributed by atoms with Gasteiger partial charge in [-0.3, -0.25) is 9.46 Å². The molecular formula is C21H36N3O7PS. The lowest BCUT2D eigenvalue weighted by Gasteiger charge is -2.39. The second-order valence-corrected chi connectivity index (χ2v) is 11.6. The van der Waals surface area contributed by atoms with Gasteiger partial charge < -0.3 is 40.1 Å². The van der Waals surface area contributed by atoms with Crippen molar-refractivity contribution in [2.75, 3.05) is 0 Å². The summed E-state index contributed by atoms with van der Waals surface area (Å²) in [5.41, 5.74) is -0.293. The molecule has 12 heteroatoms. The molecule has 0 aromatic heterocycles. The summed E-state index contributed by atoms with van der Waals surface area (Å²) in [5, 5.41) is 36.9. The molecule has 10 nitrogen and oxygen atoms in total. The van der Waals surface area contributed by atoms with Crippen molar-refractivity contribution in [3.05, 3.63) is 24.0 Å². The molecule has 8 atom stereocenters. The zero-order valence-corrected chi connectivity index (χ0v) is 21.2. The van der Waals surface area contributed by atoms with Crippen LogP contribution in [0.2, 0.25) is 0 Å². The minimum absolute atomic E-state index is 0.0311. The second kappa shape index (κ2) is 9.91. The van der Waals surface area contributed by atoms with Crippen molar-refractivity contribution in [2.24, 2.45) is 0 Å². The van der Waals surface area contributed by atoms with Gasteiger partial charge >= 0.3 is 7.60 Å². The van der Waals surface area contributed by atoms with E-state index < -0.39 is 43.1 Å². The third kappa shape index (κ3) is 5.16. The number of thiocarbonyl (C=S) groups is 1. The molecule has 188 valence electrons. The van der Waals surface area contributed by atoms with Crippen molar-refractivity contribution in [1.82, 2.24) is 15.5 Å².